The summed E-state index contributed by atoms with van der Waals surface area (Å²) in [5.74, 6) is -4.31. The quantitative estimate of drug-likeness (QED) is 0.0570. The number of benzene rings is 10. The van der Waals surface area contributed by atoms with Crippen molar-refractivity contribution in [1.82, 2.24) is 19.9 Å². The summed E-state index contributed by atoms with van der Waals surface area (Å²) < 4.78 is 0. The molecule has 0 radical (unpaired) electrons. The number of aliphatic carboxylic acids is 2. The average Bonchev–Trinajstić information content (AvgIpc) is 1.49. The van der Waals surface area contributed by atoms with Gasteiger partial charge in [-0.2, -0.15) is 9.98 Å². The second-order valence-corrected chi connectivity index (χ2v) is 28.6. The number of fused-ring (bicyclic) bond motifs is 8. The molecule has 0 saturated heterocycles. The fourth-order valence-corrected chi connectivity index (χ4v) is 16.2. The van der Waals surface area contributed by atoms with Crippen LogP contribution in [0.2, 0.25) is 0 Å². The average molecular weight is 1530 g/mol. The summed E-state index contributed by atoms with van der Waals surface area (Å²) in [5, 5.41) is 41.3. The van der Waals surface area contributed by atoms with Gasteiger partial charge in [0.1, 0.15) is 10.8 Å². The van der Waals surface area contributed by atoms with Crippen LogP contribution in [0.4, 0.5) is 34.1 Å². The van der Waals surface area contributed by atoms with Crippen LogP contribution in [-0.4, -0.2) is 76.0 Å². The molecule has 550 valence electrons. The lowest BCUT2D eigenvalue weighted by Crippen LogP contribution is -2.40. The molecule has 6 aliphatic rings. The van der Waals surface area contributed by atoms with E-state index in [1.807, 2.05) is 121 Å². The Balaban J connectivity index is 0.947. The number of aliphatic imine (C=N–C) groups is 2. The van der Waals surface area contributed by atoms with E-state index in [1.54, 1.807) is 170 Å². The number of carboxylic acids is 2. The topological polar surface area (TPSA) is 273 Å². The number of H-pyrrole nitrogens is 2. The molecule has 114 heavy (non-hydrogen) atoms. The van der Waals surface area contributed by atoms with E-state index in [0.717, 1.165) is 0 Å². The van der Waals surface area contributed by atoms with Gasteiger partial charge in [-0.05, 0) is 229 Å². The van der Waals surface area contributed by atoms with E-state index in [4.69, 9.17) is 34.4 Å². The van der Waals surface area contributed by atoms with E-state index in [0.29, 0.717) is 157 Å². The van der Waals surface area contributed by atoms with Gasteiger partial charge in [-0.1, -0.05) is 146 Å². The molecule has 0 atom stereocenters. The first kappa shape index (κ1) is 72.1. The summed E-state index contributed by atoms with van der Waals surface area (Å²) in [7, 11) is 0. The molecule has 0 spiro atoms. The summed E-state index contributed by atoms with van der Waals surface area (Å²) in [5.41, 5.74) is 11.5. The second-order valence-electron chi connectivity index (χ2n) is 28.3. The lowest BCUT2D eigenvalue weighted by Gasteiger charge is -2.31. The van der Waals surface area contributed by atoms with E-state index in [9.17, 15) is 19.8 Å². The highest BCUT2D eigenvalue weighted by Gasteiger charge is 2.43. The Morgan fingerprint density at radius 1 is 0.333 bits per heavy atom. The number of hydrogen-bond acceptors (Lipinski definition) is 12. The summed E-state index contributed by atoms with van der Waals surface area (Å²) in [4.78, 5) is 117. The maximum atomic E-state index is 15.4. The Labute approximate surface area is 663 Å². The molecule has 3 aromatic heterocycles. The number of thiocarbonyl (C=S) groups is 2. The third-order valence-corrected chi connectivity index (χ3v) is 21.5. The Kier molecular flexibility index (Phi) is 19.1. The molecule has 20 heteroatoms. The van der Waals surface area contributed by atoms with Gasteiger partial charge < -0.3 is 41.4 Å². The molecule has 0 saturated carbocycles. The molecule has 10 aromatic carbocycles. The summed E-state index contributed by atoms with van der Waals surface area (Å²) >= 11 is 9.85. The Morgan fingerprint density at radius 2 is 0.588 bits per heavy atom. The van der Waals surface area contributed by atoms with Gasteiger partial charge >= 0.3 is 11.9 Å². The molecule has 0 fully saturated rings. The zero-order valence-electron chi connectivity index (χ0n) is 60.5. The lowest BCUT2D eigenvalue weighted by molar-refractivity contribution is -0.144. The molecule has 20 bridgehead atoms. The number of isothiocyanates is 2. The number of hydrogen-bond donors (Lipinski definition) is 8. The molecule has 9 heterocycles. The maximum absolute atomic E-state index is 15.4. The van der Waals surface area contributed by atoms with E-state index in [2.05, 4.69) is 51.5 Å². The minimum Gasteiger partial charge on any atom is -0.481 e. The number of carbonyl (C=O) groups excluding carboxylic acids is 4. The van der Waals surface area contributed by atoms with Crippen molar-refractivity contribution in [3.63, 3.8) is 0 Å². The van der Waals surface area contributed by atoms with E-state index in [1.165, 1.54) is 0 Å². The van der Waals surface area contributed by atoms with Crippen molar-refractivity contribution in [2.45, 2.75) is 36.5 Å². The molecule has 8 N–H and O–H groups in total. The van der Waals surface area contributed by atoms with Gasteiger partial charge in [-0.25, -0.2) is 9.97 Å². The highest BCUT2D eigenvalue weighted by molar-refractivity contribution is 7.78. The van der Waals surface area contributed by atoms with Crippen LogP contribution in [0.5, 0.6) is 0 Å². The van der Waals surface area contributed by atoms with Crippen LogP contribution >= 0.6 is 24.4 Å². The van der Waals surface area contributed by atoms with Gasteiger partial charge in [0.05, 0.1) is 44.5 Å². The number of carboxylic acid groups (broad SMARTS) is 2. The lowest BCUT2D eigenvalue weighted by atomic mass is 9.71. The summed E-state index contributed by atoms with van der Waals surface area (Å²) in [6.07, 6.45) is 7.21. The van der Waals surface area contributed by atoms with Crippen LogP contribution in [0, 0.1) is 0 Å². The normalized spacial score (nSPS) is 14.0. The predicted molar refractivity (Wildman–Crippen MR) is 454 cm³/mol. The minimum atomic E-state index is -1.68. The number of aromatic amines is 2. The van der Waals surface area contributed by atoms with Crippen LogP contribution in [0.25, 0.3) is 90.9 Å². The number of aromatic nitrogens is 4. The molecule has 18 nitrogen and oxygen atoms in total. The van der Waals surface area contributed by atoms with E-state index in [-0.39, 0.29) is 47.9 Å². The number of nitrogens with one attached hydrogen (secondary N) is 6. The van der Waals surface area contributed by atoms with Crippen molar-refractivity contribution < 1.29 is 39.0 Å². The zero-order valence-corrected chi connectivity index (χ0v) is 62.1. The van der Waals surface area contributed by atoms with Crippen molar-refractivity contribution >= 4 is 151 Å². The Hall–Kier alpha value is -14.8. The number of nitrogens with zero attached hydrogens (tertiary/aromatic N) is 4. The van der Waals surface area contributed by atoms with Crippen LogP contribution < -0.4 is 21.3 Å². The van der Waals surface area contributed by atoms with Crippen LogP contribution in [0.15, 0.2) is 277 Å². The molecular formula is C94H64N10O8S2. The van der Waals surface area contributed by atoms with E-state index < -0.39 is 46.4 Å². The van der Waals surface area contributed by atoms with Gasteiger partial charge in [0.15, 0.2) is 0 Å². The molecule has 6 aliphatic heterocycles. The molecule has 13 aromatic rings. The van der Waals surface area contributed by atoms with Crippen molar-refractivity contribution in [3.8, 4) is 44.5 Å². The van der Waals surface area contributed by atoms with Crippen molar-refractivity contribution in [2.24, 2.45) is 9.98 Å². The second kappa shape index (κ2) is 30.2. The van der Waals surface area contributed by atoms with Crippen molar-refractivity contribution in [1.29, 1.82) is 0 Å². The minimum absolute atomic E-state index is 0.0948. The SMILES string of the molecule is O=C1Nc2ccccc2-c2c3nc(c4c5ccc([nH]5)c(c5nc(c(c6ccc2[nH]6)-c2ccccc2NC(=O)c2cccc(c2)CC(C(=O)O)(c2ccc(N=C=S)cc2)Cc2cccc(c2)C(=O)Nc2ccccc2-4)C=C5)-c2ccccc2NC(=O)c2cccc(c2)CC(C(=O)O)(c2ccc(N=C=S)cc2)Cc2cccc1c2)C=C3. The summed E-state index contributed by atoms with van der Waals surface area (Å²) in [6.45, 7) is 0. The summed E-state index contributed by atoms with van der Waals surface area (Å²) in [6, 6.07) is 78.3. The van der Waals surface area contributed by atoms with Gasteiger partial charge in [0, 0.05) is 112 Å². The Bertz CT molecular complexity index is 5890. The predicted octanol–water partition coefficient (Wildman–Crippen LogP) is 20.0. The number of carbonyl (C=O) groups is 6. The highest BCUT2D eigenvalue weighted by atomic mass is 32.1. The third-order valence-electron chi connectivity index (χ3n) is 21.3. The molecule has 19 rings (SSSR count). The fraction of sp³-hybridized carbons (Fsp3) is 0.0638. The number of para-hydroxylation sites is 4. The standard InChI is InChI=1S/C94H64N10O8S2/c105-87-59-17-9-13-55(45-59)49-93(91(109)110,63-29-33-65(34-30-63)95-53-113)50-56-14-10-20-62(46-56)90(108)104-74-28-8-4-24-70(74)86-81-43-41-79(99-81)84-68-22-2-6-26-72(68)102-88(106)60-18-11-15-57(47-60)51-94(92(111)112,64-31-35-66(36-32-64)96-54-114)52-58-16-12-19-61(48-58)89(107)103-73-27-7-3-23-69(73)85(80-42-44-82(86)100-80)78-40-38-76(98-78)83(75-37-39-77(84)97-75)67-21-1-5-25-71(67)101-87/h1-48,97,100H,49-52H2,(H,101,105)(H,102,106)(H,103,107)(H,104,108)(H,109,110)(H,111,112). The van der Waals surface area contributed by atoms with Crippen molar-refractivity contribution in [3.05, 3.63) is 345 Å². The number of rotatable bonds is 6. The fourth-order valence-electron chi connectivity index (χ4n) is 15.9. The first-order valence-corrected chi connectivity index (χ1v) is 37.4. The largest absolute Gasteiger partial charge is 0.481 e. The number of anilines is 4. The van der Waals surface area contributed by atoms with Crippen LogP contribution in [0.3, 0.4) is 0 Å². The van der Waals surface area contributed by atoms with Crippen LogP contribution in [-0.2, 0) is 46.1 Å². The van der Waals surface area contributed by atoms with Gasteiger partial charge in [0.25, 0.3) is 23.6 Å². The first-order chi connectivity index (χ1) is 55.6. The van der Waals surface area contributed by atoms with Crippen LogP contribution in [0.1, 0.15) is 97.6 Å². The van der Waals surface area contributed by atoms with E-state index >= 15 is 19.2 Å². The van der Waals surface area contributed by atoms with Gasteiger partial charge in [0.2, 0.25) is 0 Å². The number of amides is 4. The Morgan fingerprint density at radius 3 is 0.833 bits per heavy atom. The van der Waals surface area contributed by atoms with Crippen molar-refractivity contribution in [2.75, 3.05) is 21.3 Å². The van der Waals surface area contributed by atoms with Gasteiger partial charge in [-0.15, -0.1) is 0 Å². The monoisotopic (exact) mass is 1520 g/mol. The van der Waals surface area contributed by atoms with Gasteiger partial charge in [-0.3, -0.25) is 28.8 Å². The smallest absolute Gasteiger partial charge is 0.314 e. The maximum Gasteiger partial charge on any atom is 0.314 e. The zero-order chi connectivity index (χ0) is 78.2. The molecular weight excluding hydrogens is 1460 g/mol. The molecule has 0 unspecified atom stereocenters. The molecule has 4 amide bonds. The molecule has 0 aliphatic carbocycles. The first-order valence-electron chi connectivity index (χ1n) is 36.6. The highest BCUT2D eigenvalue weighted by Crippen LogP contribution is 2.45. The third kappa shape index (κ3) is 13.8.